The average Bonchev–Trinajstić information content (AvgIpc) is 2.88. The van der Waals surface area contributed by atoms with Crippen molar-refractivity contribution in [2.75, 3.05) is 11.4 Å². The molecule has 2 amide bonds. The van der Waals surface area contributed by atoms with Gasteiger partial charge in [-0.25, -0.2) is 0 Å². The number of rotatable bonds is 6. The number of unbranched alkanes of at least 4 members (excludes halogenated alkanes) is 1. The lowest BCUT2D eigenvalue weighted by atomic mass is 10.1. The highest BCUT2D eigenvalue weighted by Gasteiger charge is 2.28. The third-order valence-corrected chi connectivity index (χ3v) is 6.52. The molecule has 0 atom stereocenters. The van der Waals surface area contributed by atoms with Gasteiger partial charge in [-0.2, -0.15) is 0 Å². The Hall–Kier alpha value is -2.76. The number of benzene rings is 3. The fourth-order valence-electron chi connectivity index (χ4n) is 3.52. The molecule has 1 aliphatic rings. The molecule has 1 aliphatic heterocycles. The van der Waals surface area contributed by atoms with Gasteiger partial charge >= 0.3 is 0 Å². The van der Waals surface area contributed by atoms with Gasteiger partial charge in [-0.15, -0.1) is 0 Å². The summed E-state index contributed by atoms with van der Waals surface area (Å²) in [6, 6.07) is 20.7. The van der Waals surface area contributed by atoms with Crippen LogP contribution in [0.1, 0.15) is 46.0 Å². The Morgan fingerprint density at radius 1 is 1.03 bits per heavy atom. The topological polar surface area (TPSA) is 49.4 Å². The summed E-state index contributed by atoms with van der Waals surface area (Å²) >= 11 is 7.73. The highest BCUT2D eigenvalue weighted by atomic mass is 35.5. The molecule has 0 bridgehead atoms. The van der Waals surface area contributed by atoms with Crippen molar-refractivity contribution in [3.63, 3.8) is 0 Å². The molecule has 1 N–H and O–H groups in total. The number of nitrogens with zero attached hydrogens (tertiary/aromatic N) is 1. The van der Waals surface area contributed by atoms with Crippen LogP contribution in [0, 0.1) is 0 Å². The van der Waals surface area contributed by atoms with E-state index in [-0.39, 0.29) is 11.8 Å². The van der Waals surface area contributed by atoms with Gasteiger partial charge in [0, 0.05) is 26.9 Å². The van der Waals surface area contributed by atoms with Crippen molar-refractivity contribution in [2.24, 2.45) is 0 Å². The SMILES string of the molecule is CCCCNC(=O)c1ccc2c(c1)N(Cc1cccc(Cl)c1)C(=O)c1ccccc1S2. The molecular formula is C25H23ClN2O2S. The number of nitrogens with one attached hydrogen (secondary N) is 1. The van der Waals surface area contributed by atoms with Crippen LogP contribution in [-0.2, 0) is 6.54 Å². The van der Waals surface area contributed by atoms with Crippen LogP contribution >= 0.6 is 23.4 Å². The van der Waals surface area contributed by atoms with Crippen molar-refractivity contribution < 1.29 is 9.59 Å². The van der Waals surface area contributed by atoms with E-state index in [0.29, 0.717) is 29.2 Å². The maximum absolute atomic E-state index is 13.6. The van der Waals surface area contributed by atoms with Gasteiger partial charge < -0.3 is 10.2 Å². The molecule has 158 valence electrons. The Morgan fingerprint density at radius 2 is 1.87 bits per heavy atom. The molecule has 3 aromatic rings. The average molecular weight is 451 g/mol. The van der Waals surface area contributed by atoms with E-state index >= 15 is 0 Å². The quantitative estimate of drug-likeness (QED) is 0.456. The molecule has 4 nitrogen and oxygen atoms in total. The van der Waals surface area contributed by atoms with Gasteiger partial charge in [0.2, 0.25) is 0 Å². The largest absolute Gasteiger partial charge is 0.352 e. The predicted octanol–water partition coefficient (Wildman–Crippen LogP) is 6.18. The molecule has 0 saturated heterocycles. The zero-order valence-corrected chi connectivity index (χ0v) is 18.8. The number of halogens is 1. The first-order valence-corrected chi connectivity index (χ1v) is 11.5. The van der Waals surface area contributed by atoms with Gasteiger partial charge in [-0.3, -0.25) is 9.59 Å². The number of anilines is 1. The highest BCUT2D eigenvalue weighted by Crippen LogP contribution is 2.42. The van der Waals surface area contributed by atoms with Crippen LogP contribution < -0.4 is 10.2 Å². The third kappa shape index (κ3) is 4.78. The summed E-state index contributed by atoms with van der Waals surface area (Å²) in [5.41, 5.74) is 2.85. The van der Waals surface area contributed by atoms with Crippen LogP contribution in [0.25, 0.3) is 0 Å². The fourth-order valence-corrected chi connectivity index (χ4v) is 4.79. The van der Waals surface area contributed by atoms with Crippen LogP contribution in [-0.4, -0.2) is 18.4 Å². The van der Waals surface area contributed by atoms with Crippen LogP contribution in [0.3, 0.4) is 0 Å². The van der Waals surface area contributed by atoms with E-state index in [9.17, 15) is 9.59 Å². The van der Waals surface area contributed by atoms with E-state index in [1.165, 1.54) is 0 Å². The molecule has 6 heteroatoms. The Bertz CT molecular complexity index is 1130. The summed E-state index contributed by atoms with van der Waals surface area (Å²) in [5.74, 6) is -0.219. The second kappa shape index (κ2) is 9.58. The highest BCUT2D eigenvalue weighted by molar-refractivity contribution is 7.99. The monoisotopic (exact) mass is 450 g/mol. The number of hydrogen-bond acceptors (Lipinski definition) is 3. The molecule has 3 aromatic carbocycles. The minimum Gasteiger partial charge on any atom is -0.352 e. The maximum Gasteiger partial charge on any atom is 0.259 e. The molecule has 0 aromatic heterocycles. The van der Waals surface area contributed by atoms with Crippen LogP contribution in [0.15, 0.2) is 76.5 Å². The molecule has 0 spiro atoms. The van der Waals surface area contributed by atoms with Crippen LogP contribution in [0.2, 0.25) is 5.02 Å². The molecule has 0 fully saturated rings. The normalized spacial score (nSPS) is 12.7. The summed E-state index contributed by atoms with van der Waals surface area (Å²) in [6.07, 6.45) is 1.95. The zero-order valence-electron chi connectivity index (χ0n) is 17.2. The number of carbonyl (C=O) groups is 2. The van der Waals surface area contributed by atoms with E-state index < -0.39 is 0 Å². The lowest BCUT2D eigenvalue weighted by Crippen LogP contribution is -2.31. The molecule has 1 heterocycles. The van der Waals surface area contributed by atoms with Crippen molar-refractivity contribution in [1.29, 1.82) is 0 Å². The molecular weight excluding hydrogens is 428 g/mol. The molecule has 4 rings (SSSR count). The second-order valence-electron chi connectivity index (χ2n) is 7.41. The first-order valence-electron chi connectivity index (χ1n) is 10.3. The van der Waals surface area contributed by atoms with E-state index in [0.717, 1.165) is 33.9 Å². The van der Waals surface area contributed by atoms with Crippen molar-refractivity contribution in [3.05, 3.63) is 88.4 Å². The first kappa shape index (κ1) is 21.5. The van der Waals surface area contributed by atoms with Gasteiger partial charge in [0.05, 0.1) is 17.8 Å². The van der Waals surface area contributed by atoms with Crippen LogP contribution in [0.5, 0.6) is 0 Å². The summed E-state index contributed by atoms with van der Waals surface area (Å²) in [5, 5.41) is 3.58. The van der Waals surface area contributed by atoms with E-state index in [4.69, 9.17) is 11.6 Å². The zero-order chi connectivity index (χ0) is 21.8. The fraction of sp³-hybridized carbons (Fsp3) is 0.200. The summed E-state index contributed by atoms with van der Waals surface area (Å²) < 4.78 is 0. The summed E-state index contributed by atoms with van der Waals surface area (Å²) in [4.78, 5) is 29.8. The van der Waals surface area contributed by atoms with Gasteiger partial charge in [-0.1, -0.05) is 61.0 Å². The smallest absolute Gasteiger partial charge is 0.259 e. The van der Waals surface area contributed by atoms with Gasteiger partial charge in [0.15, 0.2) is 0 Å². The van der Waals surface area contributed by atoms with Crippen molar-refractivity contribution in [2.45, 2.75) is 36.1 Å². The first-order chi connectivity index (χ1) is 15.1. The summed E-state index contributed by atoms with van der Waals surface area (Å²) in [7, 11) is 0. The van der Waals surface area contributed by atoms with E-state index in [1.54, 1.807) is 16.7 Å². The van der Waals surface area contributed by atoms with Crippen LogP contribution in [0.4, 0.5) is 5.69 Å². The van der Waals surface area contributed by atoms with E-state index in [1.807, 2.05) is 66.7 Å². The molecule has 0 aliphatic carbocycles. The molecule has 0 radical (unpaired) electrons. The lowest BCUT2D eigenvalue weighted by Gasteiger charge is -2.24. The molecule has 31 heavy (non-hydrogen) atoms. The van der Waals surface area contributed by atoms with Gasteiger partial charge in [0.25, 0.3) is 11.8 Å². The standard InChI is InChI=1S/C25H23ClN2O2S/c1-2-3-13-27-24(29)18-11-12-23-21(15-18)28(16-17-7-6-8-19(26)14-17)25(30)20-9-4-5-10-22(20)31-23/h4-12,14-15H,2-3,13,16H2,1H3,(H,27,29). The number of carbonyl (C=O) groups excluding carboxylic acids is 2. The van der Waals surface area contributed by atoms with Crippen molar-refractivity contribution in [1.82, 2.24) is 5.32 Å². The number of fused-ring (bicyclic) bond motifs is 2. The van der Waals surface area contributed by atoms with Gasteiger partial charge in [0.1, 0.15) is 0 Å². The van der Waals surface area contributed by atoms with Gasteiger partial charge in [-0.05, 0) is 54.4 Å². The molecule has 0 unspecified atom stereocenters. The number of hydrogen-bond donors (Lipinski definition) is 1. The molecule has 0 saturated carbocycles. The maximum atomic E-state index is 13.6. The van der Waals surface area contributed by atoms with E-state index in [2.05, 4.69) is 12.2 Å². The van der Waals surface area contributed by atoms with Crippen molar-refractivity contribution >= 4 is 40.9 Å². The number of amides is 2. The predicted molar refractivity (Wildman–Crippen MR) is 126 cm³/mol. The third-order valence-electron chi connectivity index (χ3n) is 5.14. The second-order valence-corrected chi connectivity index (χ2v) is 8.93. The lowest BCUT2D eigenvalue weighted by molar-refractivity contribution is 0.0949. The Kier molecular flexibility index (Phi) is 6.64. The Balaban J connectivity index is 1.75. The minimum atomic E-state index is -0.127. The Labute approximate surface area is 191 Å². The minimum absolute atomic E-state index is 0.0923. The van der Waals surface area contributed by atoms with Crippen molar-refractivity contribution in [3.8, 4) is 0 Å². The Morgan fingerprint density at radius 3 is 2.68 bits per heavy atom. The summed E-state index contributed by atoms with van der Waals surface area (Å²) in [6.45, 7) is 3.09.